The van der Waals surface area contributed by atoms with E-state index in [1.165, 1.54) is 22.1 Å². The third-order valence-corrected chi connectivity index (χ3v) is 8.99. The number of carbonyl (C=O) groups excluding carboxylic acids is 2. The second-order valence-electron chi connectivity index (χ2n) is 10.6. The average Bonchev–Trinajstić information content (AvgIpc) is 3.67. The van der Waals surface area contributed by atoms with Crippen LogP contribution in [0.5, 0.6) is 0 Å². The second kappa shape index (κ2) is 9.72. The molecule has 0 aliphatic heterocycles. The number of amides is 1. The minimum atomic E-state index is -2.74. The lowest BCUT2D eigenvalue weighted by Crippen LogP contribution is -2.29. The lowest BCUT2D eigenvalue weighted by atomic mass is 9.90. The van der Waals surface area contributed by atoms with Crippen molar-refractivity contribution in [3.8, 4) is 0 Å². The van der Waals surface area contributed by atoms with Crippen LogP contribution >= 0.6 is 11.3 Å². The highest BCUT2D eigenvalue weighted by Gasteiger charge is 2.56. The van der Waals surface area contributed by atoms with E-state index in [0.717, 1.165) is 23.3 Å². The normalized spacial score (nSPS) is 21.6. The van der Waals surface area contributed by atoms with Crippen molar-refractivity contribution < 1.29 is 27.2 Å². The maximum absolute atomic E-state index is 13.4. The molecule has 2 saturated carbocycles. The molecule has 0 bridgehead atoms. The molecule has 0 unspecified atom stereocenters. The Kier molecular flexibility index (Phi) is 6.47. The first-order valence-electron chi connectivity index (χ1n) is 12.9. The molecule has 6 rings (SSSR count). The molecule has 1 amide bonds. The highest BCUT2D eigenvalue weighted by molar-refractivity contribution is 7.12. The minimum Gasteiger partial charge on any atom is -0.351 e. The van der Waals surface area contributed by atoms with E-state index in [1.807, 2.05) is 0 Å². The van der Waals surface area contributed by atoms with Gasteiger partial charge >= 0.3 is 0 Å². The summed E-state index contributed by atoms with van der Waals surface area (Å²) in [7, 11) is 1.54. The van der Waals surface area contributed by atoms with Crippen LogP contribution in [-0.2, 0) is 31.1 Å². The number of hydrogen-bond donors (Lipinski definition) is 2. The molecule has 3 aliphatic carbocycles. The number of fused-ring (bicyclic) bond motifs is 1. The van der Waals surface area contributed by atoms with Gasteiger partial charge in [-0.2, -0.15) is 5.10 Å². The molecular weight excluding hydrogens is 538 g/mol. The van der Waals surface area contributed by atoms with Crippen molar-refractivity contribution in [1.29, 1.82) is 0 Å². The summed E-state index contributed by atoms with van der Waals surface area (Å²) in [5.41, 5.74) is 0.878. The van der Waals surface area contributed by atoms with Crippen molar-refractivity contribution in [3.63, 3.8) is 0 Å². The van der Waals surface area contributed by atoms with Crippen LogP contribution in [0.1, 0.15) is 69.5 Å². The van der Waals surface area contributed by atoms with E-state index in [1.54, 1.807) is 17.9 Å². The van der Waals surface area contributed by atoms with Gasteiger partial charge in [-0.25, -0.2) is 17.6 Å². The van der Waals surface area contributed by atoms with Crippen LogP contribution in [0.25, 0.3) is 0 Å². The molecule has 14 heteroatoms. The molecule has 0 radical (unpaired) electrons. The molecule has 0 aromatic carbocycles. The summed E-state index contributed by atoms with van der Waals surface area (Å²) in [5.74, 6) is -3.20. The van der Waals surface area contributed by atoms with Crippen LogP contribution in [-0.4, -0.2) is 48.7 Å². The number of aromatic nitrogens is 5. The number of rotatable bonds is 10. The van der Waals surface area contributed by atoms with Crippen LogP contribution in [0.2, 0.25) is 0 Å². The summed E-state index contributed by atoms with van der Waals surface area (Å²) in [5, 5.41) is 17.6. The quantitative estimate of drug-likeness (QED) is 0.353. The van der Waals surface area contributed by atoms with E-state index < -0.39 is 24.2 Å². The van der Waals surface area contributed by atoms with Gasteiger partial charge in [-0.05, 0) is 37.7 Å². The van der Waals surface area contributed by atoms with Crippen LogP contribution in [0.15, 0.2) is 12.4 Å². The summed E-state index contributed by atoms with van der Waals surface area (Å²) < 4.78 is 56.1. The molecule has 3 aliphatic rings. The summed E-state index contributed by atoms with van der Waals surface area (Å²) in [4.78, 5) is 27.7. The highest BCUT2D eigenvalue weighted by Crippen LogP contribution is 2.48. The number of anilines is 2. The van der Waals surface area contributed by atoms with Gasteiger partial charge in [0, 0.05) is 60.1 Å². The fraction of sp³-hybridized carbons (Fsp3) is 0.560. The number of alkyl halides is 4. The van der Waals surface area contributed by atoms with E-state index in [2.05, 4.69) is 25.9 Å². The van der Waals surface area contributed by atoms with Crippen molar-refractivity contribution >= 4 is 34.8 Å². The van der Waals surface area contributed by atoms with Crippen molar-refractivity contribution in [3.05, 3.63) is 39.0 Å². The summed E-state index contributed by atoms with van der Waals surface area (Å²) in [6, 6.07) is 1.09. The van der Waals surface area contributed by atoms with Gasteiger partial charge < -0.3 is 10.6 Å². The molecule has 2 atom stereocenters. The zero-order valence-corrected chi connectivity index (χ0v) is 21.9. The van der Waals surface area contributed by atoms with Crippen LogP contribution < -0.4 is 10.6 Å². The minimum absolute atomic E-state index is 0.0428. The van der Waals surface area contributed by atoms with Gasteiger partial charge in [0.25, 0.3) is 18.3 Å². The predicted molar refractivity (Wildman–Crippen MR) is 134 cm³/mol. The Morgan fingerprint density at radius 1 is 1.26 bits per heavy atom. The lowest BCUT2D eigenvalue weighted by molar-refractivity contribution is -0.119. The highest BCUT2D eigenvalue weighted by atomic mass is 32.1. The number of halogens is 4. The number of nitrogens with zero attached hydrogens (tertiary/aromatic N) is 5. The van der Waals surface area contributed by atoms with E-state index in [4.69, 9.17) is 0 Å². The first-order chi connectivity index (χ1) is 18.6. The fourth-order valence-corrected chi connectivity index (χ4v) is 6.54. The topological polar surface area (TPSA) is 107 Å². The average molecular weight is 566 g/mol. The maximum atomic E-state index is 13.4. The van der Waals surface area contributed by atoms with Crippen molar-refractivity contribution in [1.82, 2.24) is 29.9 Å². The molecule has 3 aromatic rings. The number of carbonyl (C=O) groups is 2. The van der Waals surface area contributed by atoms with Crippen molar-refractivity contribution in [2.45, 2.75) is 63.3 Å². The van der Waals surface area contributed by atoms with Gasteiger partial charge in [0.2, 0.25) is 5.95 Å². The Bertz CT molecular complexity index is 1430. The third kappa shape index (κ3) is 5.18. The Labute approximate surface area is 225 Å². The lowest BCUT2D eigenvalue weighted by Gasteiger charge is -2.25. The monoisotopic (exact) mass is 565 g/mol. The SMILES string of the molecule is Cn1nc(C(F)F)cc1Nc1nncn1[C@H]1CCc2sc(CC(=O)C3CC3)c(C(=O)NC[C@@H]3CC3(F)F)c2C1. The van der Waals surface area contributed by atoms with Gasteiger partial charge in [-0.3, -0.25) is 18.8 Å². The van der Waals surface area contributed by atoms with Crippen LogP contribution in [0.3, 0.4) is 0 Å². The molecule has 3 heterocycles. The molecule has 2 fully saturated rings. The standard InChI is InChI=1S/C25H27F4N7O2S/c1-35-20(7-16(34-35)22(26)27)32-24-33-31-11-36(24)14-4-5-18-15(6-14)21(19(39-18)8-17(37)12-2-3-12)23(38)30-10-13-9-25(13,28)29/h7,11-14,22H,2-6,8-10H2,1H3,(H,30,38)(H,32,33)/t13-,14-/m0/s1. The Hall–Kier alpha value is -3.29. The first-order valence-corrected chi connectivity index (χ1v) is 13.7. The molecule has 208 valence electrons. The maximum Gasteiger partial charge on any atom is 0.282 e. The zero-order valence-electron chi connectivity index (χ0n) is 21.1. The number of ketones is 1. The van der Waals surface area contributed by atoms with Gasteiger partial charge in [-0.1, -0.05) is 0 Å². The van der Waals surface area contributed by atoms with E-state index >= 15 is 0 Å². The van der Waals surface area contributed by atoms with Gasteiger partial charge in [0.1, 0.15) is 23.6 Å². The number of aryl methyl sites for hydroxylation is 2. The number of Topliss-reactive ketones (excluding diaryl/α,β-unsaturated/α-hetero) is 1. The summed E-state index contributed by atoms with van der Waals surface area (Å²) in [6.07, 6.45) is 2.31. The summed E-state index contributed by atoms with van der Waals surface area (Å²) in [6.45, 7) is -0.110. The zero-order chi connectivity index (χ0) is 27.5. The van der Waals surface area contributed by atoms with Crippen molar-refractivity contribution in [2.75, 3.05) is 11.9 Å². The van der Waals surface area contributed by atoms with E-state index in [9.17, 15) is 27.2 Å². The first kappa shape index (κ1) is 26.0. The molecule has 2 N–H and O–H groups in total. The van der Waals surface area contributed by atoms with Gasteiger partial charge in [0.05, 0.1) is 5.56 Å². The van der Waals surface area contributed by atoms with E-state index in [0.29, 0.717) is 41.5 Å². The number of nitrogens with one attached hydrogen (secondary N) is 2. The van der Waals surface area contributed by atoms with Gasteiger partial charge in [-0.15, -0.1) is 21.5 Å². The Morgan fingerprint density at radius 2 is 2.03 bits per heavy atom. The van der Waals surface area contributed by atoms with Gasteiger partial charge in [0.15, 0.2) is 0 Å². The van der Waals surface area contributed by atoms with Crippen molar-refractivity contribution in [2.24, 2.45) is 18.9 Å². The molecule has 39 heavy (non-hydrogen) atoms. The van der Waals surface area contributed by atoms with Crippen LogP contribution in [0.4, 0.5) is 29.3 Å². The smallest absolute Gasteiger partial charge is 0.282 e. The summed E-state index contributed by atoms with van der Waals surface area (Å²) >= 11 is 1.46. The fourth-order valence-electron chi connectivity index (χ4n) is 5.18. The Morgan fingerprint density at radius 3 is 2.69 bits per heavy atom. The van der Waals surface area contributed by atoms with Crippen LogP contribution in [0, 0.1) is 11.8 Å². The number of hydrogen-bond acceptors (Lipinski definition) is 7. The third-order valence-electron chi connectivity index (χ3n) is 7.70. The molecule has 3 aromatic heterocycles. The van der Waals surface area contributed by atoms with E-state index in [-0.39, 0.29) is 42.8 Å². The second-order valence-corrected chi connectivity index (χ2v) is 11.7. The molecule has 0 spiro atoms. The molecule has 0 saturated heterocycles. The Balaban J connectivity index is 1.25. The molecule has 9 nitrogen and oxygen atoms in total. The predicted octanol–water partition coefficient (Wildman–Crippen LogP) is 4.39. The largest absolute Gasteiger partial charge is 0.351 e. The molecular formula is C25H27F4N7O2S. The number of thiophene rings is 1.